The molecule has 0 fully saturated rings. The molecule has 0 amide bonds. The van der Waals surface area contributed by atoms with Gasteiger partial charge in [-0.2, -0.15) is 0 Å². The van der Waals surface area contributed by atoms with Gasteiger partial charge in [-0.3, -0.25) is 0 Å². The lowest BCUT2D eigenvalue weighted by molar-refractivity contribution is 0.451. The second kappa shape index (κ2) is 4.38. The highest BCUT2D eigenvalue weighted by atomic mass is 32.1. The van der Waals surface area contributed by atoms with E-state index in [1.807, 2.05) is 0 Å². The zero-order valence-corrected chi connectivity index (χ0v) is 10.5. The van der Waals surface area contributed by atoms with Crippen LogP contribution in [0.15, 0.2) is 24.3 Å². The lowest BCUT2D eigenvalue weighted by Gasteiger charge is -2.00. The largest absolute Gasteiger partial charge is 0.508 e. The second-order valence-corrected chi connectivity index (χ2v) is 5.08. The Balaban J connectivity index is 2.26. The van der Waals surface area contributed by atoms with Crippen LogP contribution in [0.1, 0.15) is 0 Å². The lowest BCUT2D eigenvalue weighted by Crippen LogP contribution is -1.90. The first kappa shape index (κ1) is 12.7. The van der Waals surface area contributed by atoms with Crippen molar-refractivity contribution in [2.24, 2.45) is 0 Å². The molecule has 0 bridgehead atoms. The normalized spacial score (nSPS) is 11.2. The highest BCUT2D eigenvalue weighted by Gasteiger charge is 2.19. The molecule has 102 valence electrons. The Kier molecular flexibility index (Phi) is 2.79. The van der Waals surface area contributed by atoms with Gasteiger partial charge in [-0.25, -0.2) is 18.2 Å². The summed E-state index contributed by atoms with van der Waals surface area (Å²) in [6.45, 7) is 0. The Morgan fingerprint density at radius 1 is 1.00 bits per heavy atom. The van der Waals surface area contributed by atoms with Crippen LogP contribution in [0.4, 0.5) is 13.2 Å². The van der Waals surface area contributed by atoms with Crippen molar-refractivity contribution in [3.63, 3.8) is 0 Å². The van der Waals surface area contributed by atoms with Crippen molar-refractivity contribution in [2.75, 3.05) is 0 Å². The summed E-state index contributed by atoms with van der Waals surface area (Å²) in [5.74, 6) is -4.63. The molecule has 2 N–H and O–H groups in total. The molecule has 1 aromatic heterocycles. The van der Waals surface area contributed by atoms with Gasteiger partial charge in [0.05, 0.1) is 10.3 Å². The summed E-state index contributed by atoms with van der Waals surface area (Å²) >= 11 is 0.908. The van der Waals surface area contributed by atoms with Gasteiger partial charge in [0.2, 0.25) is 0 Å². The van der Waals surface area contributed by atoms with Crippen LogP contribution in [-0.4, -0.2) is 15.2 Å². The van der Waals surface area contributed by atoms with Crippen molar-refractivity contribution >= 4 is 21.6 Å². The monoisotopic (exact) mass is 297 g/mol. The number of benzene rings is 2. The van der Waals surface area contributed by atoms with Gasteiger partial charge < -0.3 is 10.2 Å². The maximum absolute atomic E-state index is 13.6. The first-order chi connectivity index (χ1) is 9.47. The van der Waals surface area contributed by atoms with Gasteiger partial charge in [0.1, 0.15) is 22.0 Å². The van der Waals surface area contributed by atoms with E-state index in [0.29, 0.717) is 0 Å². The van der Waals surface area contributed by atoms with Crippen LogP contribution in [0.3, 0.4) is 0 Å². The van der Waals surface area contributed by atoms with Crippen LogP contribution in [0.5, 0.6) is 11.5 Å². The van der Waals surface area contributed by atoms with Crippen LogP contribution in [0.25, 0.3) is 20.8 Å². The van der Waals surface area contributed by atoms with Gasteiger partial charge in [-0.1, -0.05) is 0 Å². The number of nitrogens with zero attached hydrogens (tertiary/aromatic N) is 1. The quantitative estimate of drug-likeness (QED) is 0.672. The van der Waals surface area contributed by atoms with Crippen molar-refractivity contribution in [3.8, 4) is 22.1 Å². The number of rotatable bonds is 1. The Hall–Kier alpha value is -2.28. The lowest BCUT2D eigenvalue weighted by atomic mass is 10.2. The first-order valence-corrected chi connectivity index (χ1v) is 6.25. The third-order valence-electron chi connectivity index (χ3n) is 2.73. The first-order valence-electron chi connectivity index (χ1n) is 5.44. The highest BCUT2D eigenvalue weighted by molar-refractivity contribution is 7.21. The van der Waals surface area contributed by atoms with E-state index in [4.69, 9.17) is 0 Å². The van der Waals surface area contributed by atoms with E-state index in [-0.39, 0.29) is 32.3 Å². The van der Waals surface area contributed by atoms with E-state index in [0.717, 1.165) is 23.5 Å². The van der Waals surface area contributed by atoms with Crippen molar-refractivity contribution in [3.05, 3.63) is 41.7 Å². The van der Waals surface area contributed by atoms with Crippen molar-refractivity contribution in [2.45, 2.75) is 0 Å². The fraction of sp³-hybridized carbons (Fsp3) is 0. The van der Waals surface area contributed by atoms with Gasteiger partial charge in [0.15, 0.2) is 17.5 Å². The van der Waals surface area contributed by atoms with E-state index in [1.165, 1.54) is 12.1 Å². The summed E-state index contributed by atoms with van der Waals surface area (Å²) in [7, 11) is 0. The Bertz CT molecular complexity index is 832. The minimum Gasteiger partial charge on any atom is -0.508 e. The molecule has 2 aromatic carbocycles. The second-order valence-electron chi connectivity index (χ2n) is 4.05. The highest BCUT2D eigenvalue weighted by Crippen LogP contribution is 2.38. The third kappa shape index (κ3) is 1.87. The number of fused-ring (bicyclic) bond motifs is 1. The van der Waals surface area contributed by atoms with Crippen LogP contribution in [0.2, 0.25) is 0 Å². The maximum atomic E-state index is 13.6. The molecule has 0 spiro atoms. The molecule has 0 saturated carbocycles. The molecule has 3 nitrogen and oxygen atoms in total. The van der Waals surface area contributed by atoms with Crippen molar-refractivity contribution in [1.82, 2.24) is 4.98 Å². The van der Waals surface area contributed by atoms with E-state index in [1.54, 1.807) is 0 Å². The number of aromatic hydroxyl groups is 2. The van der Waals surface area contributed by atoms with Gasteiger partial charge >= 0.3 is 0 Å². The maximum Gasteiger partial charge on any atom is 0.196 e. The third-order valence-corrected chi connectivity index (χ3v) is 3.77. The molecule has 20 heavy (non-hydrogen) atoms. The van der Waals surface area contributed by atoms with Crippen molar-refractivity contribution in [1.29, 1.82) is 0 Å². The van der Waals surface area contributed by atoms with Crippen molar-refractivity contribution < 1.29 is 23.4 Å². The fourth-order valence-corrected chi connectivity index (χ4v) is 2.81. The van der Waals surface area contributed by atoms with Crippen LogP contribution in [-0.2, 0) is 0 Å². The summed E-state index contributed by atoms with van der Waals surface area (Å²) in [6, 6.07) is 4.65. The molecule has 0 atom stereocenters. The smallest absolute Gasteiger partial charge is 0.196 e. The number of aromatic nitrogens is 1. The number of phenols is 2. The van der Waals surface area contributed by atoms with E-state index in [9.17, 15) is 23.4 Å². The fourth-order valence-electron chi connectivity index (χ4n) is 1.79. The standard InChI is InChI=1S/C13H6F3NO2S/c14-7-4-9-12(11(16)10(7)15)17-13(20-9)6-2-1-5(18)3-8(6)19/h1-4,18-19H. The summed E-state index contributed by atoms with van der Waals surface area (Å²) in [4.78, 5) is 3.87. The minimum absolute atomic E-state index is 0.129. The van der Waals surface area contributed by atoms with E-state index in [2.05, 4.69) is 4.98 Å². The SMILES string of the molecule is Oc1ccc(-c2nc3c(F)c(F)c(F)cc3s2)c(O)c1. The zero-order valence-electron chi connectivity index (χ0n) is 9.69. The van der Waals surface area contributed by atoms with E-state index < -0.39 is 17.5 Å². The summed E-state index contributed by atoms with van der Waals surface area (Å²) < 4.78 is 40.0. The Morgan fingerprint density at radius 3 is 2.45 bits per heavy atom. The predicted molar refractivity (Wildman–Crippen MR) is 68.3 cm³/mol. The number of thiazole rings is 1. The molecule has 0 unspecified atom stereocenters. The number of phenolic OH excluding ortho intramolecular Hbond substituents is 2. The molecule has 1 heterocycles. The molecule has 0 saturated heterocycles. The molecule has 3 aromatic rings. The van der Waals surface area contributed by atoms with Gasteiger partial charge in [-0.05, 0) is 18.2 Å². The average Bonchev–Trinajstić information content (AvgIpc) is 2.80. The number of halogens is 3. The molecule has 0 aliphatic heterocycles. The Labute approximate surface area is 114 Å². The minimum atomic E-state index is -1.58. The molecular formula is C13H6F3NO2S. The molecule has 0 aliphatic carbocycles. The van der Waals surface area contributed by atoms with Gasteiger partial charge in [-0.15, -0.1) is 11.3 Å². The molecular weight excluding hydrogens is 291 g/mol. The molecule has 0 aliphatic rings. The Morgan fingerprint density at radius 2 is 1.75 bits per heavy atom. The van der Waals surface area contributed by atoms with E-state index >= 15 is 0 Å². The van der Waals surface area contributed by atoms with Crippen LogP contribution >= 0.6 is 11.3 Å². The van der Waals surface area contributed by atoms with Crippen LogP contribution in [0, 0.1) is 17.5 Å². The molecule has 3 rings (SSSR count). The average molecular weight is 297 g/mol. The van der Waals surface area contributed by atoms with Gasteiger partial charge in [0, 0.05) is 6.07 Å². The summed E-state index contributed by atoms with van der Waals surface area (Å²) in [5, 5.41) is 19.1. The predicted octanol–water partition coefficient (Wildman–Crippen LogP) is 3.79. The molecule has 7 heteroatoms. The zero-order chi connectivity index (χ0) is 14.4. The summed E-state index contributed by atoms with van der Waals surface area (Å²) in [5.41, 5.74) is -0.0550. The number of hydrogen-bond acceptors (Lipinski definition) is 4. The topological polar surface area (TPSA) is 53.4 Å². The summed E-state index contributed by atoms with van der Waals surface area (Å²) in [6.07, 6.45) is 0. The van der Waals surface area contributed by atoms with Gasteiger partial charge in [0.25, 0.3) is 0 Å². The van der Waals surface area contributed by atoms with Crippen LogP contribution < -0.4 is 0 Å². The number of hydrogen-bond donors (Lipinski definition) is 2. The molecule has 0 radical (unpaired) electrons.